The summed E-state index contributed by atoms with van der Waals surface area (Å²) in [4.78, 5) is 12.6. The van der Waals surface area contributed by atoms with E-state index in [0.717, 1.165) is 33.7 Å². The van der Waals surface area contributed by atoms with Crippen LogP contribution in [0.15, 0.2) is 119 Å². The standard InChI is InChI=1S/C31H27N5O2S/c1-2-38-28-19-17-27(18-20-28)36-30(26-11-7-4-8-12-26)34-35-31(36)39-22-29(37)33-32-21-23-13-15-25(16-14-23)24-9-5-3-6-10-24/h3-21H,2,22H2,1H3,(H,33,37). The Morgan fingerprint density at radius 2 is 1.49 bits per heavy atom. The zero-order valence-electron chi connectivity index (χ0n) is 21.4. The number of nitrogens with one attached hydrogen (secondary N) is 1. The molecule has 39 heavy (non-hydrogen) atoms. The number of rotatable bonds is 10. The van der Waals surface area contributed by atoms with Gasteiger partial charge in [0.15, 0.2) is 11.0 Å². The number of amides is 1. The molecule has 0 aliphatic rings. The Kier molecular flexibility index (Phi) is 8.45. The predicted octanol–water partition coefficient (Wildman–Crippen LogP) is 6.24. The quantitative estimate of drug-likeness (QED) is 0.131. The minimum absolute atomic E-state index is 0.133. The summed E-state index contributed by atoms with van der Waals surface area (Å²) in [5.41, 5.74) is 7.58. The van der Waals surface area contributed by atoms with Crippen molar-refractivity contribution in [1.29, 1.82) is 0 Å². The summed E-state index contributed by atoms with van der Waals surface area (Å²) in [5, 5.41) is 13.5. The van der Waals surface area contributed by atoms with Gasteiger partial charge >= 0.3 is 0 Å². The smallest absolute Gasteiger partial charge is 0.250 e. The van der Waals surface area contributed by atoms with Gasteiger partial charge in [-0.2, -0.15) is 5.10 Å². The lowest BCUT2D eigenvalue weighted by Crippen LogP contribution is -2.20. The van der Waals surface area contributed by atoms with Gasteiger partial charge in [-0.3, -0.25) is 9.36 Å². The minimum Gasteiger partial charge on any atom is -0.494 e. The van der Waals surface area contributed by atoms with Gasteiger partial charge < -0.3 is 4.74 Å². The molecule has 194 valence electrons. The van der Waals surface area contributed by atoms with E-state index in [1.807, 2.05) is 109 Å². The van der Waals surface area contributed by atoms with E-state index >= 15 is 0 Å². The lowest BCUT2D eigenvalue weighted by molar-refractivity contribution is -0.118. The average molecular weight is 534 g/mol. The van der Waals surface area contributed by atoms with Crippen LogP contribution in [0, 0.1) is 0 Å². The van der Waals surface area contributed by atoms with Crippen LogP contribution in [-0.2, 0) is 4.79 Å². The largest absolute Gasteiger partial charge is 0.494 e. The fourth-order valence-corrected chi connectivity index (χ4v) is 4.71. The molecule has 1 aromatic heterocycles. The number of carbonyl (C=O) groups excluding carboxylic acids is 1. The van der Waals surface area contributed by atoms with Gasteiger partial charge in [0, 0.05) is 11.3 Å². The summed E-state index contributed by atoms with van der Waals surface area (Å²) in [6.45, 7) is 2.55. The lowest BCUT2D eigenvalue weighted by Gasteiger charge is -2.11. The Morgan fingerprint density at radius 3 is 2.15 bits per heavy atom. The third-order valence-electron chi connectivity index (χ3n) is 5.82. The maximum absolute atomic E-state index is 12.6. The number of hydrogen-bond donors (Lipinski definition) is 1. The third-order valence-corrected chi connectivity index (χ3v) is 6.75. The molecular formula is C31H27N5O2S. The molecule has 0 unspecified atom stereocenters. The van der Waals surface area contributed by atoms with Crippen LogP contribution in [0.3, 0.4) is 0 Å². The van der Waals surface area contributed by atoms with Gasteiger partial charge in [-0.15, -0.1) is 10.2 Å². The fourth-order valence-electron chi connectivity index (χ4n) is 3.96. The first-order valence-electron chi connectivity index (χ1n) is 12.6. The first-order valence-corrected chi connectivity index (χ1v) is 13.5. The average Bonchev–Trinajstić information content (AvgIpc) is 3.42. The Hall–Kier alpha value is -4.69. The first-order chi connectivity index (χ1) is 19.2. The van der Waals surface area contributed by atoms with E-state index in [4.69, 9.17) is 4.74 Å². The van der Waals surface area contributed by atoms with E-state index in [9.17, 15) is 4.79 Å². The molecule has 0 fully saturated rings. The molecule has 5 aromatic rings. The summed E-state index contributed by atoms with van der Waals surface area (Å²) in [5.74, 6) is 1.38. The van der Waals surface area contributed by atoms with Crippen LogP contribution in [-0.4, -0.2) is 39.2 Å². The molecule has 0 atom stereocenters. The van der Waals surface area contributed by atoms with Crippen molar-refractivity contribution in [2.75, 3.05) is 12.4 Å². The molecule has 1 heterocycles. The molecule has 0 radical (unpaired) electrons. The van der Waals surface area contributed by atoms with Crippen molar-refractivity contribution in [2.24, 2.45) is 5.10 Å². The maximum Gasteiger partial charge on any atom is 0.250 e. The molecule has 0 saturated carbocycles. The Morgan fingerprint density at radius 1 is 0.846 bits per heavy atom. The number of thioether (sulfide) groups is 1. The number of hydrogen-bond acceptors (Lipinski definition) is 6. The van der Waals surface area contributed by atoms with Gasteiger partial charge in [0.25, 0.3) is 5.91 Å². The maximum atomic E-state index is 12.6. The van der Waals surface area contributed by atoms with E-state index in [0.29, 0.717) is 17.6 Å². The van der Waals surface area contributed by atoms with E-state index in [2.05, 4.69) is 32.9 Å². The molecule has 4 aromatic carbocycles. The summed E-state index contributed by atoms with van der Waals surface area (Å²) in [7, 11) is 0. The van der Waals surface area contributed by atoms with Gasteiger partial charge in [0.1, 0.15) is 5.75 Å². The summed E-state index contributed by atoms with van der Waals surface area (Å²) in [6.07, 6.45) is 1.63. The molecular weight excluding hydrogens is 506 g/mol. The highest BCUT2D eigenvalue weighted by Crippen LogP contribution is 2.29. The highest BCUT2D eigenvalue weighted by molar-refractivity contribution is 7.99. The van der Waals surface area contributed by atoms with Crippen molar-refractivity contribution in [3.63, 3.8) is 0 Å². The second kappa shape index (κ2) is 12.7. The molecule has 7 nitrogen and oxygen atoms in total. The SMILES string of the molecule is CCOc1ccc(-n2c(SCC(=O)NN=Cc3ccc(-c4ccccc4)cc3)nnc2-c2ccccc2)cc1. The van der Waals surface area contributed by atoms with Gasteiger partial charge in [-0.25, -0.2) is 5.43 Å². The fraction of sp³-hybridized carbons (Fsp3) is 0.0968. The summed E-state index contributed by atoms with van der Waals surface area (Å²) >= 11 is 1.30. The van der Waals surface area contributed by atoms with Crippen LogP contribution in [0.1, 0.15) is 12.5 Å². The highest BCUT2D eigenvalue weighted by Gasteiger charge is 2.17. The van der Waals surface area contributed by atoms with Crippen LogP contribution in [0.5, 0.6) is 5.75 Å². The molecule has 0 spiro atoms. The van der Waals surface area contributed by atoms with Crippen LogP contribution in [0.4, 0.5) is 0 Å². The monoisotopic (exact) mass is 533 g/mol. The van der Waals surface area contributed by atoms with E-state index in [1.54, 1.807) is 6.21 Å². The second-order valence-corrected chi connectivity index (χ2v) is 9.45. The topological polar surface area (TPSA) is 81.4 Å². The Labute approximate surface area is 231 Å². The molecule has 0 aliphatic heterocycles. The van der Waals surface area contributed by atoms with Crippen molar-refractivity contribution < 1.29 is 9.53 Å². The van der Waals surface area contributed by atoms with Crippen molar-refractivity contribution >= 4 is 23.9 Å². The normalized spacial score (nSPS) is 11.0. The van der Waals surface area contributed by atoms with Crippen LogP contribution >= 0.6 is 11.8 Å². The summed E-state index contributed by atoms with van der Waals surface area (Å²) in [6, 6.07) is 35.8. The van der Waals surface area contributed by atoms with Crippen molar-refractivity contribution in [3.05, 3.63) is 115 Å². The number of carbonyl (C=O) groups is 1. The first kappa shape index (κ1) is 25.9. The second-order valence-electron chi connectivity index (χ2n) is 8.50. The molecule has 0 aliphatic carbocycles. The van der Waals surface area contributed by atoms with Crippen molar-refractivity contribution in [3.8, 4) is 34.0 Å². The minimum atomic E-state index is -0.236. The van der Waals surface area contributed by atoms with Crippen LogP contribution in [0.2, 0.25) is 0 Å². The zero-order chi connectivity index (χ0) is 26.9. The van der Waals surface area contributed by atoms with Gasteiger partial charge in [0.05, 0.1) is 18.6 Å². The lowest BCUT2D eigenvalue weighted by atomic mass is 10.0. The third kappa shape index (κ3) is 6.61. The van der Waals surface area contributed by atoms with Crippen LogP contribution in [0.25, 0.3) is 28.2 Å². The molecule has 1 amide bonds. The van der Waals surface area contributed by atoms with Gasteiger partial charge in [-0.05, 0) is 47.9 Å². The molecule has 1 N–H and O–H groups in total. The predicted molar refractivity (Wildman–Crippen MR) is 156 cm³/mol. The van der Waals surface area contributed by atoms with E-state index in [1.165, 1.54) is 11.8 Å². The van der Waals surface area contributed by atoms with Crippen molar-refractivity contribution in [1.82, 2.24) is 20.2 Å². The van der Waals surface area contributed by atoms with E-state index in [-0.39, 0.29) is 11.7 Å². The number of nitrogens with zero attached hydrogens (tertiary/aromatic N) is 4. The van der Waals surface area contributed by atoms with Gasteiger partial charge in [0.2, 0.25) is 0 Å². The summed E-state index contributed by atoms with van der Waals surface area (Å²) < 4.78 is 7.53. The number of aromatic nitrogens is 3. The molecule has 0 bridgehead atoms. The van der Waals surface area contributed by atoms with E-state index < -0.39 is 0 Å². The Balaban J connectivity index is 1.25. The molecule has 0 saturated heterocycles. The number of ether oxygens (including phenoxy) is 1. The Bertz CT molecular complexity index is 1530. The molecule has 8 heteroatoms. The zero-order valence-corrected chi connectivity index (χ0v) is 22.2. The molecule has 5 rings (SSSR count). The highest BCUT2D eigenvalue weighted by atomic mass is 32.2. The van der Waals surface area contributed by atoms with Gasteiger partial charge in [-0.1, -0.05) is 96.7 Å². The van der Waals surface area contributed by atoms with Crippen LogP contribution < -0.4 is 10.2 Å². The van der Waals surface area contributed by atoms with Crippen molar-refractivity contribution in [2.45, 2.75) is 12.1 Å². The number of benzene rings is 4. The number of hydrazone groups is 1.